The maximum atomic E-state index is 12.1. The summed E-state index contributed by atoms with van der Waals surface area (Å²) in [6, 6.07) is 3.05. The minimum Gasteiger partial charge on any atom is -0.468 e. The number of guanidine groups is 1. The van der Waals surface area contributed by atoms with Gasteiger partial charge in [-0.3, -0.25) is 4.99 Å². The van der Waals surface area contributed by atoms with Crippen LogP contribution in [0.15, 0.2) is 23.3 Å². The summed E-state index contributed by atoms with van der Waals surface area (Å²) in [4.78, 5) is 8.00. The molecule has 1 heterocycles. The number of halogens is 4. The Kier molecular flexibility index (Phi) is 11.0. The molecule has 0 aliphatic heterocycles. The van der Waals surface area contributed by atoms with Gasteiger partial charge in [-0.15, -0.1) is 24.0 Å². The van der Waals surface area contributed by atoms with Crippen molar-refractivity contribution in [3.8, 4) is 5.88 Å². The normalized spacial score (nSPS) is 13.6. The van der Waals surface area contributed by atoms with Crippen LogP contribution in [0.25, 0.3) is 0 Å². The van der Waals surface area contributed by atoms with Crippen LogP contribution in [0.4, 0.5) is 13.2 Å². The van der Waals surface area contributed by atoms with E-state index in [1.807, 2.05) is 0 Å². The second-order valence-electron chi connectivity index (χ2n) is 6.81. The first kappa shape index (κ1) is 25.7. The summed E-state index contributed by atoms with van der Waals surface area (Å²) in [5.74, 6) is 0.524. The fourth-order valence-corrected chi connectivity index (χ4v) is 2.10. The van der Waals surface area contributed by atoms with Crippen molar-refractivity contribution in [3.63, 3.8) is 0 Å². The molecule has 6 nitrogen and oxygen atoms in total. The molecule has 0 aliphatic rings. The van der Waals surface area contributed by atoms with Crippen molar-refractivity contribution in [1.29, 1.82) is 0 Å². The fourth-order valence-electron chi connectivity index (χ4n) is 2.10. The third-order valence-corrected chi connectivity index (χ3v) is 3.57. The molecule has 0 saturated carbocycles. The molecule has 0 amide bonds. The van der Waals surface area contributed by atoms with Crippen molar-refractivity contribution in [2.24, 2.45) is 10.4 Å². The zero-order valence-corrected chi connectivity index (χ0v) is 18.5. The number of ether oxygens (including phenoxy) is 2. The highest BCUT2D eigenvalue weighted by Gasteiger charge is 2.28. The molecule has 1 atom stereocenters. The summed E-state index contributed by atoms with van der Waals surface area (Å²) in [5.41, 5.74) is 0.767. The average Bonchev–Trinajstić information content (AvgIpc) is 2.55. The lowest BCUT2D eigenvalue weighted by atomic mass is 9.89. The fraction of sp³-hybridized carbons (Fsp3) is 0.647. The van der Waals surface area contributed by atoms with Gasteiger partial charge in [-0.05, 0) is 11.0 Å². The van der Waals surface area contributed by atoms with Crippen LogP contribution in [-0.2, 0) is 11.3 Å². The van der Waals surface area contributed by atoms with E-state index < -0.39 is 12.8 Å². The van der Waals surface area contributed by atoms with Gasteiger partial charge in [0.15, 0.2) is 12.6 Å². The molecule has 1 rings (SSSR count). The lowest BCUT2D eigenvalue weighted by Crippen LogP contribution is -2.45. The first-order chi connectivity index (χ1) is 12.0. The summed E-state index contributed by atoms with van der Waals surface area (Å²) >= 11 is 0. The third-order valence-electron chi connectivity index (χ3n) is 3.57. The van der Waals surface area contributed by atoms with E-state index in [2.05, 4.69) is 46.1 Å². The zero-order valence-electron chi connectivity index (χ0n) is 16.2. The highest BCUT2D eigenvalue weighted by atomic mass is 127. The average molecular weight is 504 g/mol. The summed E-state index contributed by atoms with van der Waals surface area (Å²) in [5, 5.41) is 6.30. The van der Waals surface area contributed by atoms with Gasteiger partial charge in [-0.1, -0.05) is 26.8 Å². The van der Waals surface area contributed by atoms with Crippen LogP contribution in [0.3, 0.4) is 0 Å². The number of nitrogens with zero attached hydrogens (tertiary/aromatic N) is 2. The molecular formula is C17H28F3IN4O2. The van der Waals surface area contributed by atoms with E-state index in [-0.39, 0.29) is 41.4 Å². The van der Waals surface area contributed by atoms with Crippen molar-refractivity contribution in [1.82, 2.24) is 15.6 Å². The number of hydrogen-bond acceptors (Lipinski definition) is 4. The second kappa shape index (κ2) is 11.5. The largest absolute Gasteiger partial charge is 0.468 e. The van der Waals surface area contributed by atoms with E-state index in [0.717, 1.165) is 5.56 Å². The Morgan fingerprint density at radius 1 is 1.22 bits per heavy atom. The Hall–Kier alpha value is -1.30. The van der Waals surface area contributed by atoms with Crippen LogP contribution in [0.5, 0.6) is 5.88 Å². The van der Waals surface area contributed by atoms with Crippen molar-refractivity contribution < 1.29 is 22.6 Å². The van der Waals surface area contributed by atoms with Crippen LogP contribution in [0.1, 0.15) is 26.3 Å². The zero-order chi connectivity index (χ0) is 19.8. The molecule has 1 aromatic rings. The predicted molar refractivity (Wildman–Crippen MR) is 110 cm³/mol. The van der Waals surface area contributed by atoms with Crippen molar-refractivity contribution >= 4 is 29.9 Å². The van der Waals surface area contributed by atoms with Crippen LogP contribution in [0, 0.1) is 5.41 Å². The van der Waals surface area contributed by atoms with Crippen molar-refractivity contribution in [2.75, 3.05) is 27.3 Å². The van der Waals surface area contributed by atoms with Gasteiger partial charge in [-0.2, -0.15) is 13.2 Å². The summed E-state index contributed by atoms with van der Waals surface area (Å²) in [7, 11) is 3.32. The molecule has 0 aromatic carbocycles. The highest BCUT2D eigenvalue weighted by Crippen LogP contribution is 2.21. The minimum atomic E-state index is -4.38. The van der Waals surface area contributed by atoms with Crippen LogP contribution in [0.2, 0.25) is 0 Å². The Bertz CT molecular complexity index is 575. The predicted octanol–water partition coefficient (Wildman–Crippen LogP) is 3.37. The summed E-state index contributed by atoms with van der Waals surface area (Å²) < 4.78 is 46.4. The van der Waals surface area contributed by atoms with Crippen LogP contribution in [-0.4, -0.2) is 50.5 Å². The molecule has 1 unspecified atom stereocenters. The van der Waals surface area contributed by atoms with Gasteiger partial charge in [0.2, 0.25) is 5.88 Å². The lowest BCUT2D eigenvalue weighted by molar-refractivity contribution is -0.154. The molecule has 0 saturated heterocycles. The van der Waals surface area contributed by atoms with Crippen LogP contribution < -0.4 is 15.4 Å². The van der Waals surface area contributed by atoms with E-state index in [0.29, 0.717) is 19.0 Å². The summed E-state index contributed by atoms with van der Waals surface area (Å²) in [6.45, 7) is 5.91. The van der Waals surface area contributed by atoms with Gasteiger partial charge in [-0.25, -0.2) is 4.98 Å². The molecule has 0 bridgehead atoms. The van der Waals surface area contributed by atoms with Gasteiger partial charge in [0, 0.05) is 39.5 Å². The Balaban J connectivity index is 0.00000676. The molecular weight excluding hydrogens is 476 g/mol. The Labute approximate surface area is 175 Å². The number of pyridine rings is 1. The van der Waals surface area contributed by atoms with E-state index in [9.17, 15) is 13.2 Å². The number of alkyl halides is 3. The molecule has 156 valence electrons. The Morgan fingerprint density at radius 3 is 2.33 bits per heavy atom. The number of rotatable bonds is 7. The highest BCUT2D eigenvalue weighted by molar-refractivity contribution is 14.0. The number of aliphatic imine (C=N–C) groups is 1. The quantitative estimate of drug-likeness (QED) is 0.339. The van der Waals surface area contributed by atoms with E-state index in [1.165, 1.54) is 12.3 Å². The monoisotopic (exact) mass is 504 g/mol. The van der Waals surface area contributed by atoms with Crippen molar-refractivity contribution in [2.45, 2.75) is 39.6 Å². The van der Waals surface area contributed by atoms with Gasteiger partial charge < -0.3 is 20.1 Å². The standard InChI is InChI=1S/C17H27F3N4O2.HI/c1-16(2,3)13(25-5)10-24-15(21-4)23-9-12-6-7-14(22-8-12)26-11-17(18,19)20;/h6-8,13H,9-11H2,1-5H3,(H2,21,23,24);1H. The number of aromatic nitrogens is 1. The maximum Gasteiger partial charge on any atom is 0.422 e. The number of methoxy groups -OCH3 is 1. The van der Waals surface area contributed by atoms with Gasteiger partial charge >= 0.3 is 6.18 Å². The Morgan fingerprint density at radius 2 is 1.89 bits per heavy atom. The van der Waals surface area contributed by atoms with Gasteiger partial charge in [0.1, 0.15) is 0 Å². The van der Waals surface area contributed by atoms with Gasteiger partial charge in [0.25, 0.3) is 0 Å². The molecule has 2 N–H and O–H groups in total. The molecule has 0 spiro atoms. The maximum absolute atomic E-state index is 12.1. The smallest absolute Gasteiger partial charge is 0.422 e. The topological polar surface area (TPSA) is 67.8 Å². The van der Waals surface area contributed by atoms with E-state index >= 15 is 0 Å². The molecule has 0 radical (unpaired) electrons. The minimum absolute atomic E-state index is 0. The van der Waals surface area contributed by atoms with E-state index in [1.54, 1.807) is 20.2 Å². The number of nitrogens with one attached hydrogen (secondary N) is 2. The second-order valence-corrected chi connectivity index (χ2v) is 6.81. The van der Waals surface area contributed by atoms with Gasteiger partial charge in [0.05, 0.1) is 6.10 Å². The molecule has 1 aromatic heterocycles. The molecule has 27 heavy (non-hydrogen) atoms. The molecule has 0 fully saturated rings. The number of hydrogen-bond donors (Lipinski definition) is 2. The summed E-state index contributed by atoms with van der Waals surface area (Å²) in [6.07, 6.45) is -2.92. The lowest BCUT2D eigenvalue weighted by Gasteiger charge is -2.30. The van der Waals surface area contributed by atoms with Crippen molar-refractivity contribution in [3.05, 3.63) is 23.9 Å². The molecule has 10 heteroatoms. The first-order valence-corrected chi connectivity index (χ1v) is 8.17. The third kappa shape index (κ3) is 10.6. The molecule has 0 aliphatic carbocycles. The van der Waals surface area contributed by atoms with Crippen LogP contribution >= 0.6 is 24.0 Å². The van der Waals surface area contributed by atoms with E-state index in [4.69, 9.17) is 4.74 Å². The first-order valence-electron chi connectivity index (χ1n) is 8.17. The SMILES string of the molecule is CN=C(NCc1ccc(OCC(F)(F)F)nc1)NCC(OC)C(C)(C)C.I.